The summed E-state index contributed by atoms with van der Waals surface area (Å²) in [4.78, 5) is 3.84. The van der Waals surface area contributed by atoms with E-state index >= 15 is 0 Å². The van der Waals surface area contributed by atoms with Crippen molar-refractivity contribution in [1.29, 1.82) is 0 Å². The van der Waals surface area contributed by atoms with E-state index in [2.05, 4.69) is 4.99 Å². The van der Waals surface area contributed by atoms with Crippen LogP contribution in [0.1, 0.15) is 27.2 Å². The summed E-state index contributed by atoms with van der Waals surface area (Å²) < 4.78 is 5.46. The lowest BCUT2D eigenvalue weighted by molar-refractivity contribution is -0.00306. The third kappa shape index (κ3) is 9.23. The quantitative estimate of drug-likeness (QED) is 0.368. The van der Waals surface area contributed by atoms with Gasteiger partial charge in [0.2, 0.25) is 0 Å². The Morgan fingerprint density at radius 1 is 1.33 bits per heavy atom. The summed E-state index contributed by atoms with van der Waals surface area (Å²) in [6.07, 6.45) is 0.856. The van der Waals surface area contributed by atoms with E-state index in [-0.39, 0.29) is 11.6 Å². The second-order valence-electron chi connectivity index (χ2n) is 3.62. The van der Waals surface area contributed by atoms with Crippen molar-refractivity contribution < 1.29 is 4.74 Å². The summed E-state index contributed by atoms with van der Waals surface area (Å²) in [5.74, 6) is 0.144. The predicted molar refractivity (Wildman–Crippen MR) is 51.0 cm³/mol. The van der Waals surface area contributed by atoms with E-state index in [1.54, 1.807) is 0 Å². The van der Waals surface area contributed by atoms with Crippen LogP contribution in [0.15, 0.2) is 4.99 Å². The van der Waals surface area contributed by atoms with E-state index in [0.29, 0.717) is 13.2 Å². The van der Waals surface area contributed by atoms with Gasteiger partial charge in [-0.05, 0) is 27.2 Å². The van der Waals surface area contributed by atoms with Gasteiger partial charge in [-0.15, -0.1) is 0 Å². The van der Waals surface area contributed by atoms with E-state index in [1.165, 1.54) is 0 Å². The van der Waals surface area contributed by atoms with Crippen LogP contribution in [0.5, 0.6) is 0 Å². The summed E-state index contributed by atoms with van der Waals surface area (Å²) in [5, 5.41) is 0. The molecule has 0 aliphatic carbocycles. The highest BCUT2D eigenvalue weighted by Crippen LogP contribution is 2.06. The number of nitrogens with two attached hydrogens (primary N) is 2. The molecule has 0 saturated carbocycles. The molecular weight excluding hydrogens is 154 g/mol. The minimum Gasteiger partial charge on any atom is -0.376 e. The minimum absolute atomic E-state index is 0.0715. The Labute approximate surface area is 74.0 Å². The van der Waals surface area contributed by atoms with Gasteiger partial charge in [-0.25, -0.2) is 0 Å². The zero-order valence-electron chi connectivity index (χ0n) is 8.13. The van der Waals surface area contributed by atoms with Gasteiger partial charge in [0, 0.05) is 13.2 Å². The van der Waals surface area contributed by atoms with Crippen molar-refractivity contribution in [3.63, 3.8) is 0 Å². The van der Waals surface area contributed by atoms with Crippen LogP contribution < -0.4 is 11.5 Å². The monoisotopic (exact) mass is 173 g/mol. The fourth-order valence-electron chi connectivity index (χ4n) is 0.651. The second-order valence-corrected chi connectivity index (χ2v) is 3.62. The van der Waals surface area contributed by atoms with E-state index in [4.69, 9.17) is 16.2 Å². The fourth-order valence-corrected chi connectivity index (χ4v) is 0.651. The lowest BCUT2D eigenvalue weighted by Gasteiger charge is -2.18. The zero-order valence-corrected chi connectivity index (χ0v) is 8.13. The number of aliphatic imine (C=N–C) groups is 1. The zero-order chi connectivity index (χ0) is 9.61. The molecule has 0 spiro atoms. The van der Waals surface area contributed by atoms with Crippen LogP contribution in [0.4, 0.5) is 0 Å². The molecule has 0 unspecified atom stereocenters. The maximum atomic E-state index is 5.46. The number of hydrogen-bond donors (Lipinski definition) is 2. The highest BCUT2D eigenvalue weighted by molar-refractivity contribution is 5.75. The van der Waals surface area contributed by atoms with E-state index in [0.717, 1.165) is 6.42 Å². The van der Waals surface area contributed by atoms with Crippen LogP contribution in [0.2, 0.25) is 0 Å². The molecule has 0 aliphatic rings. The molecule has 0 heterocycles. The van der Waals surface area contributed by atoms with Gasteiger partial charge < -0.3 is 16.2 Å². The summed E-state index contributed by atoms with van der Waals surface area (Å²) in [7, 11) is 0. The number of hydrogen-bond acceptors (Lipinski definition) is 2. The van der Waals surface area contributed by atoms with Gasteiger partial charge >= 0.3 is 0 Å². The normalized spacial score (nSPS) is 11.2. The molecule has 4 N–H and O–H groups in total. The van der Waals surface area contributed by atoms with Gasteiger partial charge in [0.25, 0.3) is 0 Å². The van der Waals surface area contributed by atoms with Crippen molar-refractivity contribution in [1.82, 2.24) is 0 Å². The highest BCUT2D eigenvalue weighted by atomic mass is 16.5. The summed E-state index contributed by atoms with van der Waals surface area (Å²) in [6, 6.07) is 0. The minimum atomic E-state index is -0.0715. The molecule has 0 aliphatic heterocycles. The van der Waals surface area contributed by atoms with Gasteiger partial charge in [0.1, 0.15) is 0 Å². The first-order valence-electron chi connectivity index (χ1n) is 4.11. The smallest absolute Gasteiger partial charge is 0.185 e. The molecule has 0 aromatic rings. The fraction of sp³-hybridized carbons (Fsp3) is 0.875. The van der Waals surface area contributed by atoms with Crippen molar-refractivity contribution >= 4 is 5.96 Å². The molecule has 0 radical (unpaired) electrons. The first kappa shape index (κ1) is 11.2. The number of nitrogens with zero attached hydrogens (tertiary/aromatic N) is 1. The molecule has 0 saturated heterocycles. The van der Waals surface area contributed by atoms with Gasteiger partial charge in [0.05, 0.1) is 5.60 Å². The number of rotatable bonds is 4. The Morgan fingerprint density at radius 2 is 1.92 bits per heavy atom. The van der Waals surface area contributed by atoms with Crippen molar-refractivity contribution in [3.8, 4) is 0 Å². The average molecular weight is 173 g/mol. The Balaban J connectivity index is 3.29. The van der Waals surface area contributed by atoms with Crippen LogP contribution in [-0.4, -0.2) is 24.7 Å². The Morgan fingerprint density at radius 3 is 2.33 bits per heavy atom. The maximum Gasteiger partial charge on any atom is 0.185 e. The van der Waals surface area contributed by atoms with Crippen molar-refractivity contribution in [2.45, 2.75) is 32.8 Å². The largest absolute Gasteiger partial charge is 0.376 e. The van der Waals surface area contributed by atoms with Crippen LogP contribution >= 0.6 is 0 Å². The first-order valence-corrected chi connectivity index (χ1v) is 4.11. The SMILES string of the molecule is CC(C)(C)OCCCN=C(N)N. The standard InChI is InChI=1S/C8H19N3O/c1-8(2,3)12-6-4-5-11-7(9)10/h4-6H2,1-3H3,(H4,9,10,11). The maximum absolute atomic E-state index is 5.46. The summed E-state index contributed by atoms with van der Waals surface area (Å²) in [5.41, 5.74) is 10.2. The van der Waals surface area contributed by atoms with Crippen molar-refractivity contribution in [2.24, 2.45) is 16.5 Å². The molecule has 0 bridgehead atoms. The summed E-state index contributed by atoms with van der Waals surface area (Å²) in [6.45, 7) is 7.40. The third-order valence-electron chi connectivity index (χ3n) is 1.13. The number of ether oxygens (including phenoxy) is 1. The molecule has 0 aromatic heterocycles. The Kier molecular flexibility index (Phi) is 4.66. The molecule has 4 heteroatoms. The van der Waals surface area contributed by atoms with E-state index in [9.17, 15) is 0 Å². The first-order chi connectivity index (χ1) is 5.42. The molecule has 0 rings (SSSR count). The van der Waals surface area contributed by atoms with Crippen LogP contribution in [0.3, 0.4) is 0 Å². The molecule has 0 amide bonds. The Hall–Kier alpha value is -0.770. The van der Waals surface area contributed by atoms with Crippen LogP contribution in [-0.2, 0) is 4.74 Å². The predicted octanol–water partition coefficient (Wildman–Crippen LogP) is 0.465. The van der Waals surface area contributed by atoms with Gasteiger partial charge in [-0.3, -0.25) is 4.99 Å². The lowest BCUT2D eigenvalue weighted by Crippen LogP contribution is -2.23. The third-order valence-corrected chi connectivity index (χ3v) is 1.13. The molecule has 12 heavy (non-hydrogen) atoms. The molecular formula is C8H19N3O. The van der Waals surface area contributed by atoms with Gasteiger partial charge in [-0.2, -0.15) is 0 Å². The Bertz CT molecular complexity index is 145. The van der Waals surface area contributed by atoms with Crippen molar-refractivity contribution in [2.75, 3.05) is 13.2 Å². The molecule has 72 valence electrons. The van der Waals surface area contributed by atoms with Crippen LogP contribution in [0.25, 0.3) is 0 Å². The van der Waals surface area contributed by atoms with Gasteiger partial charge in [0.15, 0.2) is 5.96 Å². The number of guanidine groups is 1. The second kappa shape index (κ2) is 4.98. The molecule has 0 atom stereocenters. The van der Waals surface area contributed by atoms with E-state index < -0.39 is 0 Å². The molecule has 0 aromatic carbocycles. The topological polar surface area (TPSA) is 73.6 Å². The molecule has 4 nitrogen and oxygen atoms in total. The van der Waals surface area contributed by atoms with Crippen LogP contribution in [0, 0.1) is 0 Å². The average Bonchev–Trinajstić information content (AvgIpc) is 1.83. The van der Waals surface area contributed by atoms with Crippen molar-refractivity contribution in [3.05, 3.63) is 0 Å². The summed E-state index contributed by atoms with van der Waals surface area (Å²) >= 11 is 0. The van der Waals surface area contributed by atoms with E-state index in [1.807, 2.05) is 20.8 Å². The highest BCUT2D eigenvalue weighted by Gasteiger charge is 2.08. The molecule has 0 fully saturated rings. The lowest BCUT2D eigenvalue weighted by atomic mass is 10.2. The van der Waals surface area contributed by atoms with Gasteiger partial charge in [-0.1, -0.05) is 0 Å².